The van der Waals surface area contributed by atoms with Gasteiger partial charge in [0.2, 0.25) is 0 Å². The van der Waals surface area contributed by atoms with Crippen LogP contribution in [0.3, 0.4) is 0 Å². The number of aliphatic hydroxyl groups is 1. The summed E-state index contributed by atoms with van der Waals surface area (Å²) in [6, 6.07) is 14.3. The summed E-state index contributed by atoms with van der Waals surface area (Å²) in [5.74, 6) is 0.451. The molecule has 0 spiro atoms. The van der Waals surface area contributed by atoms with E-state index in [1.807, 2.05) is 24.3 Å². The zero-order valence-corrected chi connectivity index (χ0v) is 16.5. The molecule has 2 aromatic carbocycles. The molecular formula is C24H34O3. The average molecular weight is 371 g/mol. The lowest BCUT2D eigenvalue weighted by molar-refractivity contribution is 0.207. The Balaban J connectivity index is 2.08. The Bertz CT molecular complexity index is 601. The number of benzene rings is 2. The van der Waals surface area contributed by atoms with E-state index in [0.29, 0.717) is 0 Å². The molecule has 0 saturated heterocycles. The Morgan fingerprint density at radius 3 is 1.44 bits per heavy atom. The molecule has 0 amide bonds. The highest BCUT2D eigenvalue weighted by Gasteiger charge is 2.33. The fourth-order valence-corrected chi connectivity index (χ4v) is 3.84. The molecule has 3 heteroatoms. The van der Waals surface area contributed by atoms with Gasteiger partial charge in [0, 0.05) is 5.41 Å². The van der Waals surface area contributed by atoms with Gasteiger partial charge in [0.25, 0.3) is 0 Å². The van der Waals surface area contributed by atoms with Crippen molar-refractivity contribution in [2.75, 3.05) is 6.61 Å². The minimum Gasteiger partial charge on any atom is -0.508 e. The number of aromatic hydroxyl groups is 2. The number of rotatable bonds is 12. The molecular weight excluding hydrogens is 336 g/mol. The van der Waals surface area contributed by atoms with Crippen molar-refractivity contribution in [3.05, 3.63) is 59.7 Å². The first-order valence-corrected chi connectivity index (χ1v) is 10.3. The molecule has 0 radical (unpaired) electrons. The van der Waals surface area contributed by atoms with Crippen molar-refractivity contribution in [1.82, 2.24) is 0 Å². The highest BCUT2D eigenvalue weighted by Crippen LogP contribution is 2.38. The van der Waals surface area contributed by atoms with Crippen molar-refractivity contribution in [1.29, 1.82) is 0 Å². The fourth-order valence-electron chi connectivity index (χ4n) is 3.84. The largest absolute Gasteiger partial charge is 0.508 e. The Kier molecular flexibility index (Phi) is 8.66. The van der Waals surface area contributed by atoms with Crippen molar-refractivity contribution < 1.29 is 15.3 Å². The lowest BCUT2D eigenvalue weighted by Crippen LogP contribution is -2.32. The highest BCUT2D eigenvalue weighted by molar-refractivity contribution is 5.43. The van der Waals surface area contributed by atoms with E-state index in [2.05, 4.69) is 6.92 Å². The topological polar surface area (TPSA) is 60.7 Å². The van der Waals surface area contributed by atoms with Crippen molar-refractivity contribution >= 4 is 0 Å². The van der Waals surface area contributed by atoms with Crippen molar-refractivity contribution in [3.8, 4) is 11.5 Å². The zero-order valence-electron chi connectivity index (χ0n) is 16.5. The van der Waals surface area contributed by atoms with Gasteiger partial charge in [0.05, 0.1) is 6.61 Å². The molecule has 0 fully saturated rings. The molecule has 3 N–H and O–H groups in total. The predicted molar refractivity (Wildman–Crippen MR) is 111 cm³/mol. The quantitative estimate of drug-likeness (QED) is 0.407. The lowest BCUT2D eigenvalue weighted by Gasteiger charge is -2.33. The minimum absolute atomic E-state index is 0.000942. The second kappa shape index (κ2) is 11.0. The van der Waals surface area contributed by atoms with E-state index in [-0.39, 0.29) is 18.1 Å². The van der Waals surface area contributed by atoms with Gasteiger partial charge in [-0.3, -0.25) is 0 Å². The van der Waals surface area contributed by atoms with Crippen LogP contribution in [0.4, 0.5) is 0 Å². The van der Waals surface area contributed by atoms with Crippen LogP contribution in [0, 0.1) is 0 Å². The molecule has 0 unspecified atom stereocenters. The van der Waals surface area contributed by atoms with Crippen molar-refractivity contribution in [2.24, 2.45) is 0 Å². The summed E-state index contributed by atoms with van der Waals surface area (Å²) in [5.41, 5.74) is 1.48. The van der Waals surface area contributed by atoms with E-state index < -0.39 is 5.41 Å². The average Bonchev–Trinajstić information content (AvgIpc) is 2.69. The predicted octanol–water partition coefficient (Wildman–Crippen LogP) is 5.91. The summed E-state index contributed by atoms with van der Waals surface area (Å²) >= 11 is 0. The monoisotopic (exact) mass is 370 g/mol. The molecule has 0 aliphatic carbocycles. The summed E-state index contributed by atoms with van der Waals surface area (Å²) in [6.07, 6.45) is 10.8. The molecule has 0 aliphatic heterocycles. The van der Waals surface area contributed by atoms with Crippen LogP contribution in [0.1, 0.15) is 75.8 Å². The van der Waals surface area contributed by atoms with E-state index in [4.69, 9.17) is 0 Å². The van der Waals surface area contributed by atoms with Gasteiger partial charge in [0.15, 0.2) is 0 Å². The van der Waals surface area contributed by atoms with E-state index in [1.165, 1.54) is 38.5 Å². The molecule has 2 aromatic rings. The van der Waals surface area contributed by atoms with Gasteiger partial charge < -0.3 is 15.3 Å². The normalized spacial score (nSPS) is 11.6. The molecule has 0 aromatic heterocycles. The van der Waals surface area contributed by atoms with E-state index in [1.54, 1.807) is 24.3 Å². The molecule has 0 aliphatic rings. The van der Waals surface area contributed by atoms with Gasteiger partial charge in [-0.05, 0) is 41.8 Å². The van der Waals surface area contributed by atoms with Gasteiger partial charge in [-0.15, -0.1) is 0 Å². The van der Waals surface area contributed by atoms with Gasteiger partial charge in [-0.1, -0.05) is 82.6 Å². The van der Waals surface area contributed by atoms with Crippen LogP contribution in [-0.2, 0) is 5.41 Å². The molecule has 0 saturated carbocycles. The fraction of sp³-hybridized carbons (Fsp3) is 0.500. The highest BCUT2D eigenvalue weighted by atomic mass is 16.3. The Hall–Kier alpha value is -2.00. The third kappa shape index (κ3) is 6.00. The van der Waals surface area contributed by atoms with Crippen LogP contribution in [0.5, 0.6) is 11.5 Å². The first-order valence-electron chi connectivity index (χ1n) is 10.3. The van der Waals surface area contributed by atoms with Gasteiger partial charge in [-0.25, -0.2) is 0 Å². The number of phenolic OH excluding ortho intramolecular Hbond substituents is 2. The summed E-state index contributed by atoms with van der Waals surface area (Å²) < 4.78 is 0. The first-order chi connectivity index (χ1) is 13.1. The number of phenols is 2. The summed E-state index contributed by atoms with van der Waals surface area (Å²) in [4.78, 5) is 0. The SMILES string of the molecule is CCCCCCCCCCC(CO)(c1ccc(O)cc1)c1ccc(O)cc1. The lowest BCUT2D eigenvalue weighted by atomic mass is 9.71. The van der Waals surface area contributed by atoms with Crippen molar-refractivity contribution in [2.45, 2.75) is 70.1 Å². The van der Waals surface area contributed by atoms with Crippen LogP contribution >= 0.6 is 0 Å². The van der Waals surface area contributed by atoms with E-state index >= 15 is 0 Å². The van der Waals surface area contributed by atoms with E-state index in [9.17, 15) is 15.3 Å². The maximum atomic E-state index is 10.4. The van der Waals surface area contributed by atoms with Gasteiger partial charge >= 0.3 is 0 Å². The standard InChI is InChI=1S/C24H34O3/c1-2-3-4-5-6-7-8-9-18-24(19-25,20-10-14-22(26)15-11-20)21-12-16-23(27)17-13-21/h10-17,25-27H,2-9,18-19H2,1H3. The van der Waals surface area contributed by atoms with Crippen molar-refractivity contribution in [3.63, 3.8) is 0 Å². The third-order valence-electron chi connectivity index (χ3n) is 5.57. The summed E-state index contributed by atoms with van der Waals surface area (Å²) in [7, 11) is 0. The van der Waals surface area contributed by atoms with Gasteiger partial charge in [0.1, 0.15) is 11.5 Å². The second-order valence-electron chi connectivity index (χ2n) is 7.56. The Labute approximate surface area is 163 Å². The molecule has 0 heterocycles. The maximum Gasteiger partial charge on any atom is 0.115 e. The van der Waals surface area contributed by atoms with E-state index in [0.717, 1.165) is 30.4 Å². The van der Waals surface area contributed by atoms with Crippen LogP contribution < -0.4 is 0 Å². The number of hydrogen-bond acceptors (Lipinski definition) is 3. The Morgan fingerprint density at radius 1 is 0.630 bits per heavy atom. The zero-order chi connectivity index (χ0) is 19.5. The third-order valence-corrected chi connectivity index (χ3v) is 5.57. The second-order valence-corrected chi connectivity index (χ2v) is 7.56. The molecule has 0 atom stereocenters. The number of hydrogen-bond donors (Lipinski definition) is 3. The van der Waals surface area contributed by atoms with Crippen LogP contribution in [0.25, 0.3) is 0 Å². The minimum atomic E-state index is -0.510. The molecule has 3 nitrogen and oxygen atoms in total. The van der Waals surface area contributed by atoms with Crippen LogP contribution in [0.15, 0.2) is 48.5 Å². The smallest absolute Gasteiger partial charge is 0.115 e. The summed E-state index contributed by atoms with van der Waals surface area (Å²) in [5, 5.41) is 29.7. The molecule has 0 bridgehead atoms. The Morgan fingerprint density at radius 2 is 1.04 bits per heavy atom. The van der Waals surface area contributed by atoms with Crippen LogP contribution in [-0.4, -0.2) is 21.9 Å². The number of unbranched alkanes of at least 4 members (excludes halogenated alkanes) is 7. The maximum absolute atomic E-state index is 10.4. The first kappa shape index (κ1) is 21.3. The van der Waals surface area contributed by atoms with Crippen LogP contribution in [0.2, 0.25) is 0 Å². The van der Waals surface area contributed by atoms with Gasteiger partial charge in [-0.2, -0.15) is 0 Å². The summed E-state index contributed by atoms with van der Waals surface area (Å²) in [6.45, 7) is 2.24. The molecule has 2 rings (SSSR count). The molecule has 148 valence electrons. The molecule has 27 heavy (non-hydrogen) atoms. The number of aliphatic hydroxyl groups excluding tert-OH is 1.